The number of aryl methyl sites for hydroxylation is 2. The highest BCUT2D eigenvalue weighted by Crippen LogP contribution is 2.35. The highest BCUT2D eigenvalue weighted by molar-refractivity contribution is 7.91. The van der Waals surface area contributed by atoms with Crippen molar-refractivity contribution in [2.24, 2.45) is 0 Å². The summed E-state index contributed by atoms with van der Waals surface area (Å²) in [5.41, 5.74) is 4.82. The number of nitrogens with zero attached hydrogens (tertiary/aromatic N) is 9. The maximum Gasteiger partial charge on any atom is 0.435 e. The molecule has 0 radical (unpaired) electrons. The van der Waals surface area contributed by atoms with E-state index in [1.165, 1.54) is 24.4 Å². The molecule has 0 fully saturated rings. The second-order valence-corrected chi connectivity index (χ2v) is 30.2. The van der Waals surface area contributed by atoms with Crippen LogP contribution in [-0.4, -0.2) is 82.8 Å². The van der Waals surface area contributed by atoms with Gasteiger partial charge in [-0.05, 0) is 165 Å². The van der Waals surface area contributed by atoms with E-state index < -0.39 is 58.4 Å². The standard InChI is InChI=1S/C25H26FN3O3S.C23H20F3N3O2S.C23H23N3O3S/c1-16-13-17(15-33(30,31)18-8-9-20(21(26)14-18)25(2,3)4)29(28-16)22-10-11-23(32-5)24-19(22)7-6-12-27-24;1-15(2)16-6-8-19(9-7-16)32(30,31)14-18-12-22(23(24,25)26)28-29(18)21-5-3-4-17-13-27-11-10-20(17)21;1-16(2)29-20-7-9-21(10-8-20)30(27,28)15-19-13-17(3)25-26(19)23-6-4-5-18-14-24-12-11-22(18)23/h6-14H,15H2,1-5H3;3-13,15H,14H2,1-2H3;4-14,16H,15H2,1-3H3. The Morgan fingerprint density at radius 2 is 1.00 bits per heavy atom. The Balaban J connectivity index is 0.000000155. The Kier molecular flexibility index (Phi) is 19.6. The van der Waals surface area contributed by atoms with Crippen LogP contribution in [0.2, 0.25) is 0 Å². The normalized spacial score (nSPS) is 12.3. The monoisotopic (exact) mass is 1350 g/mol. The summed E-state index contributed by atoms with van der Waals surface area (Å²) in [5, 5.41) is 16.9. The molecule has 0 spiro atoms. The molecular formula is C71H69F4N9O8S3. The van der Waals surface area contributed by atoms with E-state index in [2.05, 4.69) is 30.2 Å². The molecule has 6 aromatic carbocycles. The maximum absolute atomic E-state index is 14.7. The minimum Gasteiger partial charge on any atom is -0.494 e. The molecular weight excluding hydrogens is 1280 g/mol. The third kappa shape index (κ3) is 15.5. The highest BCUT2D eigenvalue weighted by Gasteiger charge is 2.36. The molecule has 0 atom stereocenters. The summed E-state index contributed by atoms with van der Waals surface area (Å²) in [5.74, 6) is -0.145. The van der Waals surface area contributed by atoms with Gasteiger partial charge in [0.05, 0.1) is 90.7 Å². The Morgan fingerprint density at radius 1 is 0.516 bits per heavy atom. The fourth-order valence-electron chi connectivity index (χ4n) is 10.8. The average Bonchev–Trinajstić information content (AvgIpc) is 1.71. The van der Waals surface area contributed by atoms with Crippen LogP contribution in [0, 0.1) is 19.7 Å². The number of rotatable bonds is 16. The molecule has 0 unspecified atom stereocenters. The first-order valence-electron chi connectivity index (χ1n) is 30.1. The number of aromatic nitrogens is 9. The van der Waals surface area contributed by atoms with E-state index in [-0.39, 0.29) is 43.9 Å². The van der Waals surface area contributed by atoms with Crippen molar-refractivity contribution in [2.75, 3.05) is 7.11 Å². The molecule has 95 heavy (non-hydrogen) atoms. The Morgan fingerprint density at radius 3 is 1.48 bits per heavy atom. The molecule has 12 rings (SSSR count). The molecule has 0 aliphatic carbocycles. The van der Waals surface area contributed by atoms with Crippen molar-refractivity contribution in [3.8, 4) is 28.6 Å². The van der Waals surface area contributed by atoms with Crippen LogP contribution in [0.15, 0.2) is 203 Å². The minimum atomic E-state index is -4.71. The molecule has 6 heterocycles. The predicted molar refractivity (Wildman–Crippen MR) is 358 cm³/mol. The number of methoxy groups -OCH3 is 1. The zero-order valence-electron chi connectivity index (χ0n) is 53.7. The second-order valence-electron chi connectivity index (χ2n) is 24.3. The highest BCUT2D eigenvalue weighted by atomic mass is 32.2. The van der Waals surface area contributed by atoms with Gasteiger partial charge in [0.1, 0.15) is 22.8 Å². The fraction of sp³-hybridized carbons (Fsp3) is 0.239. The maximum atomic E-state index is 14.7. The van der Waals surface area contributed by atoms with Crippen molar-refractivity contribution in [3.63, 3.8) is 0 Å². The van der Waals surface area contributed by atoms with Crippen LogP contribution in [0.3, 0.4) is 0 Å². The summed E-state index contributed by atoms with van der Waals surface area (Å²) in [6, 6.07) is 43.1. The van der Waals surface area contributed by atoms with E-state index in [1.54, 1.807) is 133 Å². The van der Waals surface area contributed by atoms with Crippen LogP contribution in [0.25, 0.3) is 49.5 Å². The molecule has 492 valence electrons. The van der Waals surface area contributed by atoms with Gasteiger partial charge in [-0.2, -0.15) is 28.5 Å². The lowest BCUT2D eigenvalue weighted by atomic mass is 9.87. The number of benzene rings is 6. The van der Waals surface area contributed by atoms with Gasteiger partial charge >= 0.3 is 6.18 Å². The van der Waals surface area contributed by atoms with Gasteiger partial charge in [-0.25, -0.2) is 43.7 Å². The number of hydrogen-bond donors (Lipinski definition) is 0. The van der Waals surface area contributed by atoms with Crippen LogP contribution in [0.4, 0.5) is 17.6 Å². The number of ether oxygens (including phenoxy) is 2. The van der Waals surface area contributed by atoms with E-state index >= 15 is 0 Å². The molecule has 0 amide bonds. The summed E-state index contributed by atoms with van der Waals surface area (Å²) in [6.45, 7) is 17.1. The first-order valence-corrected chi connectivity index (χ1v) is 35.1. The predicted octanol–water partition coefficient (Wildman–Crippen LogP) is 15.2. The third-order valence-electron chi connectivity index (χ3n) is 15.4. The molecule has 0 aliphatic rings. The fourth-order valence-corrected chi connectivity index (χ4v) is 14.8. The summed E-state index contributed by atoms with van der Waals surface area (Å²) in [7, 11) is -9.72. The summed E-state index contributed by atoms with van der Waals surface area (Å²) >= 11 is 0. The Labute approximate surface area is 548 Å². The van der Waals surface area contributed by atoms with Crippen molar-refractivity contribution in [1.29, 1.82) is 0 Å². The van der Waals surface area contributed by atoms with Gasteiger partial charge in [-0.15, -0.1) is 0 Å². The Hall–Kier alpha value is -9.65. The van der Waals surface area contributed by atoms with Gasteiger partial charge in [0, 0.05) is 57.9 Å². The van der Waals surface area contributed by atoms with Gasteiger partial charge in [0.2, 0.25) is 0 Å². The number of pyridine rings is 3. The van der Waals surface area contributed by atoms with Crippen molar-refractivity contribution in [1.82, 2.24) is 44.3 Å². The lowest BCUT2D eigenvalue weighted by molar-refractivity contribution is -0.141. The zero-order valence-corrected chi connectivity index (χ0v) is 56.2. The third-order valence-corrected chi connectivity index (χ3v) is 20.4. The van der Waals surface area contributed by atoms with E-state index in [9.17, 15) is 42.8 Å². The van der Waals surface area contributed by atoms with Crippen molar-refractivity contribution >= 4 is 62.0 Å². The molecule has 0 bridgehead atoms. The molecule has 0 saturated heterocycles. The van der Waals surface area contributed by atoms with E-state index in [1.807, 2.05) is 97.9 Å². The number of alkyl halides is 3. The largest absolute Gasteiger partial charge is 0.494 e. The topological polar surface area (TPSA) is 213 Å². The number of fused-ring (bicyclic) bond motifs is 3. The van der Waals surface area contributed by atoms with Crippen LogP contribution in [0.1, 0.15) is 99.7 Å². The molecule has 17 nitrogen and oxygen atoms in total. The number of halogens is 4. The molecule has 0 aliphatic heterocycles. The molecule has 12 aromatic rings. The summed E-state index contributed by atoms with van der Waals surface area (Å²) < 4.78 is 149. The summed E-state index contributed by atoms with van der Waals surface area (Å²) in [6.07, 6.45) is 3.60. The van der Waals surface area contributed by atoms with Gasteiger partial charge < -0.3 is 9.47 Å². The van der Waals surface area contributed by atoms with Gasteiger partial charge in [-0.1, -0.05) is 77.1 Å². The summed E-state index contributed by atoms with van der Waals surface area (Å²) in [4.78, 5) is 12.8. The first kappa shape index (κ1) is 68.2. The number of hydrogen-bond acceptors (Lipinski definition) is 14. The molecule has 0 N–H and O–H groups in total. The Bertz CT molecular complexity index is 5130. The average molecular weight is 1350 g/mol. The molecule has 6 aromatic heterocycles. The minimum absolute atomic E-state index is 0.0284. The molecule has 24 heteroatoms. The van der Waals surface area contributed by atoms with E-state index in [0.717, 1.165) is 49.9 Å². The zero-order chi connectivity index (χ0) is 68.4. The van der Waals surface area contributed by atoms with Gasteiger partial charge in [0.25, 0.3) is 0 Å². The SMILES string of the molecule is CC(C)c1ccc(S(=O)(=O)Cc2cc(C(F)(F)F)nn2-c2cccc3cnccc23)cc1.COc1ccc(-n2nc(C)cc2CS(=O)(=O)c2ccc(C(C)(C)C)c(F)c2)c2cccnc12.Cc1cc(CS(=O)(=O)c2ccc(OC(C)C)cc2)n(-c2cccc3cnccc23)n1. The van der Waals surface area contributed by atoms with Crippen LogP contribution >= 0.6 is 0 Å². The lowest BCUT2D eigenvalue weighted by Crippen LogP contribution is -2.15. The van der Waals surface area contributed by atoms with Crippen LogP contribution < -0.4 is 9.47 Å². The second kappa shape index (κ2) is 27.4. The van der Waals surface area contributed by atoms with Gasteiger partial charge in [0.15, 0.2) is 35.2 Å². The van der Waals surface area contributed by atoms with Crippen molar-refractivity contribution in [3.05, 3.63) is 240 Å². The number of sulfone groups is 3. The quantitative estimate of drug-likeness (QED) is 0.0823. The van der Waals surface area contributed by atoms with E-state index in [4.69, 9.17) is 9.47 Å². The van der Waals surface area contributed by atoms with E-state index in [0.29, 0.717) is 61.8 Å². The first-order chi connectivity index (χ1) is 44.9. The van der Waals surface area contributed by atoms with Gasteiger partial charge in [-0.3, -0.25) is 15.0 Å². The van der Waals surface area contributed by atoms with Crippen molar-refractivity contribution < 1.29 is 52.3 Å². The lowest BCUT2D eigenvalue weighted by Gasteiger charge is -2.20. The van der Waals surface area contributed by atoms with Crippen molar-refractivity contribution in [2.45, 2.75) is 118 Å². The van der Waals surface area contributed by atoms with Crippen LogP contribution in [0.5, 0.6) is 11.5 Å². The molecule has 0 saturated carbocycles. The smallest absolute Gasteiger partial charge is 0.435 e. The van der Waals surface area contributed by atoms with Crippen LogP contribution in [-0.2, 0) is 58.4 Å².